The molecule has 1 amide bonds. The van der Waals surface area contributed by atoms with Crippen molar-refractivity contribution in [3.05, 3.63) is 11.7 Å². The molecule has 0 spiro atoms. The number of carbonyl (C=O) groups is 1. The summed E-state index contributed by atoms with van der Waals surface area (Å²) in [5, 5.41) is 6.92. The monoisotopic (exact) mass is 296 g/mol. The minimum absolute atomic E-state index is 0.0574. The van der Waals surface area contributed by atoms with Crippen LogP contribution < -0.4 is 11.1 Å². The molecule has 6 nitrogen and oxygen atoms in total. The number of hydrogen-bond acceptors (Lipinski definition) is 5. The second kappa shape index (κ2) is 6.56. The van der Waals surface area contributed by atoms with Gasteiger partial charge >= 0.3 is 0 Å². The Morgan fingerprint density at radius 3 is 2.29 bits per heavy atom. The van der Waals surface area contributed by atoms with E-state index in [1.54, 1.807) is 0 Å². The van der Waals surface area contributed by atoms with Crippen molar-refractivity contribution in [3.8, 4) is 0 Å². The van der Waals surface area contributed by atoms with Crippen LogP contribution in [0, 0.1) is 5.41 Å². The summed E-state index contributed by atoms with van der Waals surface area (Å²) in [5.41, 5.74) is 5.09. The lowest BCUT2D eigenvalue weighted by atomic mass is 9.81. The predicted molar refractivity (Wildman–Crippen MR) is 81.6 cm³/mol. The second-order valence-corrected chi connectivity index (χ2v) is 6.59. The molecule has 3 N–H and O–H groups in total. The lowest BCUT2D eigenvalue weighted by molar-refractivity contribution is -0.131. The van der Waals surface area contributed by atoms with E-state index in [9.17, 15) is 4.79 Å². The molecule has 0 saturated carbocycles. The molecule has 0 aliphatic heterocycles. The molecule has 0 aliphatic rings. The van der Waals surface area contributed by atoms with Crippen LogP contribution in [0.2, 0.25) is 0 Å². The molecule has 1 heterocycles. The third-order valence-electron chi connectivity index (χ3n) is 4.06. The van der Waals surface area contributed by atoms with Crippen molar-refractivity contribution < 1.29 is 9.32 Å². The predicted octanol–water partition coefficient (Wildman–Crippen LogP) is 2.31. The molecule has 120 valence electrons. The number of rotatable bonds is 6. The minimum Gasteiger partial charge on any atom is -0.344 e. The van der Waals surface area contributed by atoms with Crippen LogP contribution in [0.5, 0.6) is 0 Å². The largest absolute Gasteiger partial charge is 0.344 e. The summed E-state index contributed by atoms with van der Waals surface area (Å²) in [6.45, 7) is 12.2. The zero-order chi connectivity index (χ0) is 16.3. The Hall–Kier alpha value is -1.43. The van der Waals surface area contributed by atoms with Crippen LogP contribution in [0.1, 0.15) is 72.1 Å². The first-order valence-electron chi connectivity index (χ1n) is 7.55. The van der Waals surface area contributed by atoms with E-state index in [0.29, 0.717) is 31.1 Å². The van der Waals surface area contributed by atoms with E-state index in [1.165, 1.54) is 0 Å². The van der Waals surface area contributed by atoms with Crippen molar-refractivity contribution in [1.29, 1.82) is 0 Å². The molecule has 1 atom stereocenters. The van der Waals surface area contributed by atoms with Gasteiger partial charge in [0.2, 0.25) is 11.8 Å². The first-order valence-corrected chi connectivity index (χ1v) is 7.55. The highest BCUT2D eigenvalue weighted by Crippen LogP contribution is 2.27. The van der Waals surface area contributed by atoms with Crippen molar-refractivity contribution >= 4 is 5.91 Å². The van der Waals surface area contributed by atoms with E-state index in [1.807, 2.05) is 41.5 Å². The van der Waals surface area contributed by atoms with Crippen molar-refractivity contribution in [1.82, 2.24) is 15.5 Å². The summed E-state index contributed by atoms with van der Waals surface area (Å²) in [5.74, 6) is 0.999. The van der Waals surface area contributed by atoms with Gasteiger partial charge in [0.15, 0.2) is 5.82 Å². The van der Waals surface area contributed by atoms with Gasteiger partial charge in [-0.3, -0.25) is 4.79 Å². The van der Waals surface area contributed by atoms with Crippen LogP contribution in [0.3, 0.4) is 0 Å². The van der Waals surface area contributed by atoms with E-state index in [-0.39, 0.29) is 17.4 Å². The van der Waals surface area contributed by atoms with Crippen LogP contribution >= 0.6 is 0 Å². The maximum Gasteiger partial charge on any atom is 0.248 e. The maximum absolute atomic E-state index is 12.5. The average Bonchev–Trinajstić information content (AvgIpc) is 2.91. The Kier molecular flexibility index (Phi) is 5.50. The van der Waals surface area contributed by atoms with Gasteiger partial charge in [-0.15, -0.1) is 0 Å². The standard InChI is InChI=1S/C15H28N4O2/c1-7-15(8-2,9-16)13(20)17-10(3)11-18-12(19-21-11)14(4,5)6/h10H,7-9,16H2,1-6H3,(H,17,20). The van der Waals surface area contributed by atoms with E-state index in [4.69, 9.17) is 10.3 Å². The first-order chi connectivity index (χ1) is 9.70. The molecule has 1 unspecified atom stereocenters. The van der Waals surface area contributed by atoms with Gasteiger partial charge in [0.1, 0.15) is 6.04 Å². The van der Waals surface area contributed by atoms with Gasteiger partial charge in [-0.1, -0.05) is 39.8 Å². The normalized spacial score (nSPS) is 14.0. The number of aromatic nitrogens is 2. The SMILES string of the molecule is CCC(CC)(CN)C(=O)NC(C)c1nc(C(C)(C)C)no1. The summed E-state index contributed by atoms with van der Waals surface area (Å²) >= 11 is 0. The lowest BCUT2D eigenvalue weighted by Gasteiger charge is -2.29. The smallest absolute Gasteiger partial charge is 0.248 e. The molecule has 6 heteroatoms. The van der Waals surface area contributed by atoms with Crippen molar-refractivity contribution in [3.63, 3.8) is 0 Å². The van der Waals surface area contributed by atoms with Crippen molar-refractivity contribution in [2.45, 2.75) is 65.8 Å². The second-order valence-electron chi connectivity index (χ2n) is 6.59. The Morgan fingerprint density at radius 2 is 1.90 bits per heavy atom. The van der Waals surface area contributed by atoms with Gasteiger partial charge in [0, 0.05) is 12.0 Å². The Morgan fingerprint density at radius 1 is 1.33 bits per heavy atom. The van der Waals surface area contributed by atoms with E-state index >= 15 is 0 Å². The summed E-state index contributed by atoms with van der Waals surface area (Å²) in [4.78, 5) is 16.8. The maximum atomic E-state index is 12.5. The van der Waals surface area contributed by atoms with Gasteiger partial charge in [0.05, 0.1) is 5.41 Å². The molecular formula is C15H28N4O2. The van der Waals surface area contributed by atoms with E-state index < -0.39 is 5.41 Å². The van der Waals surface area contributed by atoms with Crippen LogP contribution in [-0.4, -0.2) is 22.6 Å². The molecule has 1 aromatic heterocycles. The van der Waals surface area contributed by atoms with Crippen LogP contribution in [0.4, 0.5) is 0 Å². The Balaban J connectivity index is 2.83. The van der Waals surface area contributed by atoms with E-state index in [0.717, 1.165) is 0 Å². The van der Waals surface area contributed by atoms with Gasteiger partial charge in [-0.25, -0.2) is 0 Å². The van der Waals surface area contributed by atoms with Gasteiger partial charge in [-0.2, -0.15) is 4.98 Å². The fourth-order valence-electron chi connectivity index (χ4n) is 2.08. The number of nitrogens with zero attached hydrogens (tertiary/aromatic N) is 2. The van der Waals surface area contributed by atoms with Crippen molar-refractivity contribution in [2.24, 2.45) is 11.1 Å². The highest BCUT2D eigenvalue weighted by Gasteiger charge is 2.35. The van der Waals surface area contributed by atoms with Crippen molar-refractivity contribution in [2.75, 3.05) is 6.54 Å². The Bertz CT molecular complexity index is 464. The fraction of sp³-hybridized carbons (Fsp3) is 0.800. The van der Waals surface area contributed by atoms with Crippen LogP contribution in [0.15, 0.2) is 4.52 Å². The lowest BCUT2D eigenvalue weighted by Crippen LogP contribution is -2.46. The topological polar surface area (TPSA) is 94.0 Å². The quantitative estimate of drug-likeness (QED) is 0.840. The van der Waals surface area contributed by atoms with Gasteiger partial charge < -0.3 is 15.6 Å². The number of nitrogens with two attached hydrogens (primary N) is 1. The summed E-state index contributed by atoms with van der Waals surface area (Å²) in [6.07, 6.45) is 1.41. The highest BCUT2D eigenvalue weighted by atomic mass is 16.5. The molecular weight excluding hydrogens is 268 g/mol. The van der Waals surface area contributed by atoms with Crippen LogP contribution in [-0.2, 0) is 10.2 Å². The summed E-state index contributed by atoms with van der Waals surface area (Å²) in [7, 11) is 0. The number of hydrogen-bond donors (Lipinski definition) is 2. The molecule has 0 bridgehead atoms. The molecule has 0 saturated heterocycles. The van der Waals surface area contributed by atoms with Crippen LogP contribution in [0.25, 0.3) is 0 Å². The molecule has 0 aromatic carbocycles. The average molecular weight is 296 g/mol. The molecule has 1 aromatic rings. The summed E-state index contributed by atoms with van der Waals surface area (Å²) in [6, 6.07) is -0.329. The number of carbonyl (C=O) groups excluding carboxylic acids is 1. The van der Waals surface area contributed by atoms with Gasteiger partial charge in [0.25, 0.3) is 0 Å². The zero-order valence-electron chi connectivity index (χ0n) is 14.0. The zero-order valence-corrected chi connectivity index (χ0v) is 14.0. The number of amides is 1. The first kappa shape index (κ1) is 17.6. The highest BCUT2D eigenvalue weighted by molar-refractivity contribution is 5.83. The molecule has 0 radical (unpaired) electrons. The summed E-state index contributed by atoms with van der Waals surface area (Å²) < 4.78 is 5.26. The Labute approximate surface area is 126 Å². The molecule has 0 fully saturated rings. The molecule has 1 rings (SSSR count). The number of nitrogens with one attached hydrogen (secondary N) is 1. The minimum atomic E-state index is -0.527. The molecule has 0 aliphatic carbocycles. The van der Waals surface area contributed by atoms with Gasteiger partial charge in [-0.05, 0) is 19.8 Å². The third-order valence-corrected chi connectivity index (χ3v) is 4.06. The van der Waals surface area contributed by atoms with E-state index in [2.05, 4.69) is 15.5 Å². The third kappa shape index (κ3) is 3.81. The molecule has 21 heavy (non-hydrogen) atoms. The fourth-order valence-corrected chi connectivity index (χ4v) is 2.08.